The molecule has 0 unspecified atom stereocenters. The van der Waals surface area contributed by atoms with E-state index in [1.165, 1.54) is 12.1 Å². The number of carbonyl (C=O) groups excluding carboxylic acids is 1. The number of nitrogens with zero attached hydrogens (tertiary/aromatic N) is 2. The van der Waals surface area contributed by atoms with E-state index < -0.39 is 12.6 Å². The van der Waals surface area contributed by atoms with Crippen molar-refractivity contribution in [3.05, 3.63) is 72.1 Å². The lowest BCUT2D eigenvalue weighted by Gasteiger charge is -2.14. The molecule has 0 radical (unpaired) electrons. The minimum atomic E-state index is -4.30. The molecule has 1 saturated carbocycles. The predicted molar refractivity (Wildman–Crippen MR) is 139 cm³/mol. The molecule has 2 N–H and O–H groups in total. The van der Waals surface area contributed by atoms with Gasteiger partial charge in [0.25, 0.3) is 0 Å². The van der Waals surface area contributed by atoms with Gasteiger partial charge in [0.15, 0.2) is 11.4 Å². The first-order valence-corrected chi connectivity index (χ1v) is 12.4. The number of phenols is 1. The lowest BCUT2D eigenvalue weighted by molar-refractivity contribution is -0.131. The number of carbonyl (C=O) groups is 1. The molecule has 2 aromatic heterocycles. The number of halogens is 3. The second-order valence-corrected chi connectivity index (χ2v) is 10.3. The van der Waals surface area contributed by atoms with Gasteiger partial charge in [0.05, 0.1) is 30.2 Å². The number of Topliss-reactive ketones (excluding diaryl/α,β-unsaturated/α-hetero) is 1. The molecule has 1 aliphatic rings. The summed E-state index contributed by atoms with van der Waals surface area (Å²) in [6, 6.07) is 13.4. The standard InChI is InChI=1S/C29H28F3N3O3/c1-18-12-19(6-7-23(18)26(37)15-28(2)8-9-28)25-16-34-27-24(33-11-10-29(30,31)32)14-22(17-35(25)27)38-21-5-3-4-20(36)13-21/h3-7,12-14,16-17,33,36H,8-11,15H2,1-2H3. The van der Waals surface area contributed by atoms with E-state index in [0.29, 0.717) is 40.5 Å². The topological polar surface area (TPSA) is 75.9 Å². The number of benzene rings is 2. The summed E-state index contributed by atoms with van der Waals surface area (Å²) in [7, 11) is 0. The van der Waals surface area contributed by atoms with E-state index in [1.807, 2.05) is 25.1 Å². The average Bonchev–Trinajstić information content (AvgIpc) is 3.39. The molecule has 1 aliphatic carbocycles. The van der Waals surface area contributed by atoms with E-state index in [1.54, 1.807) is 35.0 Å². The zero-order valence-corrected chi connectivity index (χ0v) is 21.1. The number of alkyl halides is 3. The molecule has 0 bridgehead atoms. The van der Waals surface area contributed by atoms with Crippen molar-refractivity contribution >= 4 is 17.1 Å². The summed E-state index contributed by atoms with van der Waals surface area (Å²) in [5.74, 6) is 0.870. The Morgan fingerprint density at radius 2 is 1.95 bits per heavy atom. The van der Waals surface area contributed by atoms with E-state index in [-0.39, 0.29) is 23.5 Å². The largest absolute Gasteiger partial charge is 0.508 e. The molecule has 5 rings (SSSR count). The maximum absolute atomic E-state index is 12.8. The first-order valence-electron chi connectivity index (χ1n) is 12.4. The molecule has 9 heteroatoms. The summed E-state index contributed by atoms with van der Waals surface area (Å²) in [6.07, 6.45) is 0.716. The van der Waals surface area contributed by atoms with Crippen molar-refractivity contribution < 1.29 is 27.8 Å². The third-order valence-electron chi connectivity index (χ3n) is 6.87. The molecule has 0 atom stereocenters. The molecule has 0 spiro atoms. The van der Waals surface area contributed by atoms with E-state index >= 15 is 0 Å². The number of ether oxygens (including phenoxy) is 1. The SMILES string of the molecule is Cc1cc(-c2cnc3c(NCCC(F)(F)F)cc(Oc4cccc(O)c4)cn23)ccc1C(=O)CC1(C)CC1. The highest BCUT2D eigenvalue weighted by Gasteiger charge is 2.39. The molecular weight excluding hydrogens is 495 g/mol. The molecule has 2 aromatic carbocycles. The highest BCUT2D eigenvalue weighted by Crippen LogP contribution is 2.48. The number of fused-ring (bicyclic) bond motifs is 1. The Labute approximate surface area is 218 Å². The van der Waals surface area contributed by atoms with Gasteiger partial charge >= 0.3 is 6.18 Å². The second kappa shape index (κ2) is 9.70. The van der Waals surface area contributed by atoms with Crippen LogP contribution < -0.4 is 10.1 Å². The van der Waals surface area contributed by atoms with Crippen LogP contribution >= 0.6 is 0 Å². The maximum atomic E-state index is 12.8. The molecule has 198 valence electrons. The zero-order chi connectivity index (χ0) is 27.1. The number of rotatable bonds is 9. The number of aryl methyl sites for hydroxylation is 1. The summed E-state index contributed by atoms with van der Waals surface area (Å²) in [6.45, 7) is 3.70. The fraction of sp³-hybridized carbons (Fsp3) is 0.310. The van der Waals surface area contributed by atoms with Gasteiger partial charge in [-0.1, -0.05) is 25.1 Å². The van der Waals surface area contributed by atoms with E-state index in [2.05, 4.69) is 17.2 Å². The van der Waals surface area contributed by atoms with Crippen molar-refractivity contribution in [3.8, 4) is 28.5 Å². The summed E-state index contributed by atoms with van der Waals surface area (Å²) in [4.78, 5) is 17.3. The van der Waals surface area contributed by atoms with Crippen molar-refractivity contribution in [3.63, 3.8) is 0 Å². The number of anilines is 1. The van der Waals surface area contributed by atoms with Crippen LogP contribution in [0.1, 0.15) is 48.5 Å². The average molecular weight is 524 g/mol. The molecule has 1 fully saturated rings. The Morgan fingerprint density at radius 1 is 1.16 bits per heavy atom. The third kappa shape index (κ3) is 5.77. The van der Waals surface area contributed by atoms with Gasteiger partial charge in [-0.05, 0) is 48.9 Å². The van der Waals surface area contributed by atoms with Crippen LogP contribution in [0.15, 0.2) is 60.9 Å². The van der Waals surface area contributed by atoms with Gasteiger partial charge in [-0.3, -0.25) is 9.20 Å². The number of aromatic nitrogens is 2. The van der Waals surface area contributed by atoms with Gasteiger partial charge in [-0.25, -0.2) is 4.98 Å². The maximum Gasteiger partial charge on any atom is 0.390 e. The Morgan fingerprint density at radius 3 is 2.63 bits per heavy atom. The minimum absolute atomic E-state index is 0.0243. The van der Waals surface area contributed by atoms with E-state index in [9.17, 15) is 23.1 Å². The highest BCUT2D eigenvalue weighted by atomic mass is 19.4. The van der Waals surface area contributed by atoms with Gasteiger partial charge in [0.2, 0.25) is 0 Å². The fourth-order valence-electron chi connectivity index (χ4n) is 4.49. The van der Waals surface area contributed by atoms with Gasteiger partial charge in [-0.15, -0.1) is 0 Å². The molecule has 2 heterocycles. The van der Waals surface area contributed by atoms with E-state index in [4.69, 9.17) is 4.74 Å². The number of nitrogens with one attached hydrogen (secondary N) is 1. The summed E-state index contributed by atoms with van der Waals surface area (Å²) < 4.78 is 46.0. The van der Waals surface area contributed by atoms with Gasteiger partial charge in [0.1, 0.15) is 17.2 Å². The minimum Gasteiger partial charge on any atom is -0.508 e. The lowest BCUT2D eigenvalue weighted by atomic mass is 9.93. The molecule has 38 heavy (non-hydrogen) atoms. The number of imidazole rings is 1. The van der Waals surface area contributed by atoms with Crippen LogP contribution in [0.2, 0.25) is 0 Å². The van der Waals surface area contributed by atoms with Crippen LogP contribution in [0.3, 0.4) is 0 Å². The Kier molecular flexibility index (Phi) is 6.54. The molecule has 0 saturated heterocycles. The normalized spacial score (nSPS) is 14.4. The molecule has 4 aromatic rings. The summed E-state index contributed by atoms with van der Waals surface area (Å²) in [5.41, 5.74) is 3.96. The van der Waals surface area contributed by atoms with Crippen LogP contribution in [0.25, 0.3) is 16.9 Å². The van der Waals surface area contributed by atoms with Crippen molar-refractivity contribution in [2.45, 2.75) is 45.7 Å². The van der Waals surface area contributed by atoms with Gasteiger partial charge in [-0.2, -0.15) is 13.2 Å². The van der Waals surface area contributed by atoms with Crippen molar-refractivity contribution in [2.75, 3.05) is 11.9 Å². The molecule has 6 nitrogen and oxygen atoms in total. The first-order chi connectivity index (χ1) is 18.0. The van der Waals surface area contributed by atoms with E-state index in [0.717, 1.165) is 24.0 Å². The Balaban J connectivity index is 1.50. The number of hydrogen-bond acceptors (Lipinski definition) is 5. The summed E-state index contributed by atoms with van der Waals surface area (Å²) in [5, 5.41) is 12.6. The number of pyridine rings is 1. The van der Waals surface area contributed by atoms with Crippen LogP contribution in [0.4, 0.5) is 18.9 Å². The molecule has 0 amide bonds. The fourth-order valence-corrected chi connectivity index (χ4v) is 4.49. The Bertz CT molecular complexity index is 1510. The number of hydrogen-bond donors (Lipinski definition) is 2. The first kappa shape index (κ1) is 25.6. The quantitative estimate of drug-likeness (QED) is 0.222. The highest BCUT2D eigenvalue weighted by molar-refractivity contribution is 5.98. The van der Waals surface area contributed by atoms with Crippen molar-refractivity contribution in [1.29, 1.82) is 0 Å². The number of ketones is 1. The molecule has 0 aliphatic heterocycles. The van der Waals surface area contributed by atoms with Crippen LogP contribution in [0.5, 0.6) is 17.2 Å². The van der Waals surface area contributed by atoms with Gasteiger partial charge < -0.3 is 15.2 Å². The predicted octanol–water partition coefficient (Wildman–Crippen LogP) is 7.54. The second-order valence-electron chi connectivity index (χ2n) is 10.3. The van der Waals surface area contributed by atoms with Crippen molar-refractivity contribution in [1.82, 2.24) is 9.38 Å². The smallest absolute Gasteiger partial charge is 0.390 e. The number of phenolic OH excluding ortho intramolecular Hbond substituents is 1. The van der Waals surface area contributed by atoms with Crippen LogP contribution in [0, 0.1) is 12.3 Å². The monoisotopic (exact) mass is 523 g/mol. The number of aromatic hydroxyl groups is 1. The lowest BCUT2D eigenvalue weighted by Crippen LogP contribution is -2.15. The Hall–Kier alpha value is -4.01. The third-order valence-corrected chi connectivity index (χ3v) is 6.87. The summed E-state index contributed by atoms with van der Waals surface area (Å²) >= 11 is 0. The van der Waals surface area contributed by atoms with Crippen LogP contribution in [-0.2, 0) is 0 Å². The van der Waals surface area contributed by atoms with Crippen molar-refractivity contribution in [2.24, 2.45) is 5.41 Å². The van der Waals surface area contributed by atoms with Crippen LogP contribution in [-0.4, -0.2) is 33.0 Å². The molecular formula is C29H28F3N3O3. The van der Waals surface area contributed by atoms with Gasteiger partial charge in [0, 0.05) is 36.2 Å². The zero-order valence-electron chi connectivity index (χ0n) is 21.1.